The van der Waals surface area contributed by atoms with E-state index in [-0.39, 0.29) is 0 Å². The second kappa shape index (κ2) is 10.9. The quantitative estimate of drug-likeness (QED) is 0.361. The molecule has 0 aliphatic heterocycles. The van der Waals surface area contributed by atoms with Crippen LogP contribution in [0.4, 0.5) is 0 Å². The highest BCUT2D eigenvalue weighted by Crippen LogP contribution is 2.28. The lowest BCUT2D eigenvalue weighted by Crippen LogP contribution is -2.40. The van der Waals surface area contributed by atoms with Gasteiger partial charge in [-0.3, -0.25) is 4.99 Å². The van der Waals surface area contributed by atoms with Gasteiger partial charge in [-0.1, -0.05) is 0 Å². The van der Waals surface area contributed by atoms with E-state index in [1.807, 2.05) is 0 Å². The lowest BCUT2D eigenvalue weighted by molar-refractivity contribution is 0.0782. The number of aliphatic imine (C=N–C) groups is 1. The Labute approximate surface area is 130 Å². The van der Waals surface area contributed by atoms with E-state index in [1.54, 1.807) is 0 Å². The molecule has 1 aliphatic rings. The number of hydrogen-bond acceptors (Lipinski definition) is 3. The normalized spacial score (nSPS) is 15.6. The summed E-state index contributed by atoms with van der Waals surface area (Å²) in [5.74, 6) is 1.79. The largest absolute Gasteiger partial charge is 0.379 e. The molecule has 0 unspecified atom stereocenters. The number of nitrogens with one attached hydrogen (secondary N) is 1. The van der Waals surface area contributed by atoms with Crippen LogP contribution in [0, 0.1) is 5.92 Å². The van der Waals surface area contributed by atoms with Crippen LogP contribution in [0.1, 0.15) is 40.0 Å². The highest BCUT2D eigenvalue weighted by molar-refractivity contribution is 5.79. The van der Waals surface area contributed by atoms with Crippen LogP contribution in [0.25, 0.3) is 0 Å². The first kappa shape index (κ1) is 18.2. The van der Waals surface area contributed by atoms with Gasteiger partial charge in [-0.2, -0.15) is 0 Å². The summed E-state index contributed by atoms with van der Waals surface area (Å²) in [6.07, 6.45) is 3.95. The molecule has 0 aromatic rings. The highest BCUT2D eigenvalue weighted by atomic mass is 16.5. The van der Waals surface area contributed by atoms with Crippen LogP contribution < -0.4 is 5.32 Å². The molecule has 0 radical (unpaired) electrons. The van der Waals surface area contributed by atoms with Gasteiger partial charge >= 0.3 is 0 Å². The maximum absolute atomic E-state index is 5.68. The Kier molecular flexibility index (Phi) is 9.42. The van der Waals surface area contributed by atoms with Crippen molar-refractivity contribution in [1.29, 1.82) is 0 Å². The van der Waals surface area contributed by atoms with Crippen molar-refractivity contribution in [2.75, 3.05) is 46.5 Å². The number of nitrogens with zero attached hydrogens (tertiary/aromatic N) is 2. The van der Waals surface area contributed by atoms with Crippen LogP contribution >= 0.6 is 0 Å². The first-order valence-electron chi connectivity index (χ1n) is 8.32. The van der Waals surface area contributed by atoms with Gasteiger partial charge in [-0.05, 0) is 46.0 Å². The molecule has 5 heteroatoms. The molecular weight excluding hydrogens is 266 g/mol. The summed E-state index contributed by atoms with van der Waals surface area (Å²) in [5.41, 5.74) is 0. The Balaban J connectivity index is 2.17. The molecule has 0 bridgehead atoms. The SMILES string of the molecule is CCNC(=NCCCOC(C)C)N(C)CCOCC1CC1. The average molecular weight is 299 g/mol. The predicted molar refractivity (Wildman–Crippen MR) is 87.9 cm³/mol. The summed E-state index contributed by atoms with van der Waals surface area (Å²) in [5, 5.41) is 3.32. The van der Waals surface area contributed by atoms with Crippen molar-refractivity contribution in [3.8, 4) is 0 Å². The van der Waals surface area contributed by atoms with E-state index in [4.69, 9.17) is 9.47 Å². The molecule has 0 amide bonds. The highest BCUT2D eigenvalue weighted by Gasteiger charge is 2.21. The third-order valence-corrected chi connectivity index (χ3v) is 3.33. The number of likely N-dealkylation sites (N-methyl/N-ethyl adjacent to an activating group) is 1. The second-order valence-electron chi connectivity index (χ2n) is 5.95. The van der Waals surface area contributed by atoms with Gasteiger partial charge in [0.25, 0.3) is 0 Å². The third-order valence-electron chi connectivity index (χ3n) is 3.33. The molecule has 0 heterocycles. The Morgan fingerprint density at radius 2 is 2.10 bits per heavy atom. The molecule has 0 saturated heterocycles. The molecular formula is C16H33N3O2. The molecule has 124 valence electrons. The molecule has 1 fully saturated rings. The van der Waals surface area contributed by atoms with Crippen molar-refractivity contribution in [2.45, 2.75) is 46.1 Å². The zero-order valence-corrected chi connectivity index (χ0v) is 14.2. The standard InChI is InChI=1S/C16H33N3O2/c1-5-17-16(18-9-6-11-21-14(2)3)19(4)10-12-20-13-15-7-8-15/h14-15H,5-13H2,1-4H3,(H,17,18). The lowest BCUT2D eigenvalue weighted by atomic mass is 10.4. The fourth-order valence-electron chi connectivity index (χ4n) is 1.88. The second-order valence-corrected chi connectivity index (χ2v) is 5.95. The Hall–Kier alpha value is -0.810. The van der Waals surface area contributed by atoms with E-state index in [0.717, 1.165) is 57.8 Å². The van der Waals surface area contributed by atoms with E-state index in [1.165, 1.54) is 12.8 Å². The maximum Gasteiger partial charge on any atom is 0.193 e. The minimum Gasteiger partial charge on any atom is -0.379 e. The average Bonchev–Trinajstić information content (AvgIpc) is 3.25. The van der Waals surface area contributed by atoms with Crippen molar-refractivity contribution in [3.63, 3.8) is 0 Å². The van der Waals surface area contributed by atoms with Gasteiger partial charge in [0, 0.05) is 39.9 Å². The smallest absolute Gasteiger partial charge is 0.193 e. The number of rotatable bonds is 11. The summed E-state index contributed by atoms with van der Waals surface area (Å²) in [7, 11) is 2.06. The van der Waals surface area contributed by atoms with Crippen molar-refractivity contribution in [1.82, 2.24) is 10.2 Å². The molecule has 0 aromatic heterocycles. The van der Waals surface area contributed by atoms with Gasteiger partial charge in [0.1, 0.15) is 0 Å². The van der Waals surface area contributed by atoms with Gasteiger partial charge in [0.05, 0.1) is 12.7 Å². The Morgan fingerprint density at radius 3 is 2.71 bits per heavy atom. The molecule has 1 aliphatic carbocycles. The third kappa shape index (κ3) is 9.69. The summed E-state index contributed by atoms with van der Waals surface area (Å²) < 4.78 is 11.2. The van der Waals surface area contributed by atoms with E-state index in [9.17, 15) is 0 Å². The van der Waals surface area contributed by atoms with Gasteiger partial charge < -0.3 is 19.7 Å². The topological polar surface area (TPSA) is 46.1 Å². The molecule has 5 nitrogen and oxygen atoms in total. The number of hydrogen-bond donors (Lipinski definition) is 1. The van der Waals surface area contributed by atoms with Crippen LogP contribution in [-0.4, -0.2) is 63.5 Å². The van der Waals surface area contributed by atoms with Crippen molar-refractivity contribution in [2.24, 2.45) is 10.9 Å². The van der Waals surface area contributed by atoms with Gasteiger partial charge in [-0.25, -0.2) is 0 Å². The minimum absolute atomic E-state index is 0.300. The predicted octanol–water partition coefficient (Wildman–Crippen LogP) is 2.13. The molecule has 21 heavy (non-hydrogen) atoms. The van der Waals surface area contributed by atoms with Crippen molar-refractivity contribution in [3.05, 3.63) is 0 Å². The van der Waals surface area contributed by atoms with E-state index >= 15 is 0 Å². The van der Waals surface area contributed by atoms with Crippen molar-refractivity contribution < 1.29 is 9.47 Å². The monoisotopic (exact) mass is 299 g/mol. The molecule has 0 spiro atoms. The molecule has 1 saturated carbocycles. The maximum atomic E-state index is 5.68. The van der Waals surface area contributed by atoms with Gasteiger partial charge in [-0.15, -0.1) is 0 Å². The molecule has 0 aromatic carbocycles. The lowest BCUT2D eigenvalue weighted by Gasteiger charge is -2.22. The number of ether oxygens (including phenoxy) is 2. The summed E-state index contributed by atoms with van der Waals surface area (Å²) in [6.45, 7) is 11.2. The summed E-state index contributed by atoms with van der Waals surface area (Å²) in [4.78, 5) is 6.77. The van der Waals surface area contributed by atoms with Crippen LogP contribution in [-0.2, 0) is 9.47 Å². The molecule has 1 rings (SSSR count). The number of guanidine groups is 1. The van der Waals surface area contributed by atoms with Gasteiger partial charge in [0.15, 0.2) is 5.96 Å². The molecule has 1 N–H and O–H groups in total. The van der Waals surface area contributed by atoms with Crippen LogP contribution in [0.5, 0.6) is 0 Å². The fraction of sp³-hybridized carbons (Fsp3) is 0.938. The van der Waals surface area contributed by atoms with Crippen molar-refractivity contribution >= 4 is 5.96 Å². The minimum atomic E-state index is 0.300. The Morgan fingerprint density at radius 1 is 1.33 bits per heavy atom. The first-order chi connectivity index (χ1) is 10.1. The van der Waals surface area contributed by atoms with Gasteiger partial charge in [0.2, 0.25) is 0 Å². The first-order valence-corrected chi connectivity index (χ1v) is 8.32. The zero-order valence-electron chi connectivity index (χ0n) is 14.2. The van der Waals surface area contributed by atoms with Crippen LogP contribution in [0.3, 0.4) is 0 Å². The molecule has 0 atom stereocenters. The van der Waals surface area contributed by atoms with Crippen LogP contribution in [0.15, 0.2) is 4.99 Å². The fourth-order valence-corrected chi connectivity index (χ4v) is 1.88. The van der Waals surface area contributed by atoms with E-state index in [0.29, 0.717) is 6.10 Å². The summed E-state index contributed by atoms with van der Waals surface area (Å²) in [6, 6.07) is 0. The summed E-state index contributed by atoms with van der Waals surface area (Å²) >= 11 is 0. The van der Waals surface area contributed by atoms with E-state index in [2.05, 4.69) is 43.0 Å². The Bertz CT molecular complexity index is 291. The van der Waals surface area contributed by atoms with Crippen LogP contribution in [0.2, 0.25) is 0 Å². The van der Waals surface area contributed by atoms with E-state index < -0.39 is 0 Å². The zero-order chi connectivity index (χ0) is 15.5.